The maximum Gasteiger partial charge on any atom is 0.201 e. The number of hydrogen-bond donors (Lipinski definition) is 1. The van der Waals surface area contributed by atoms with Crippen LogP contribution in [0.1, 0.15) is 18.5 Å². The van der Waals surface area contributed by atoms with E-state index in [4.69, 9.17) is 5.73 Å². The number of nitrogens with two attached hydrogens (primary N) is 1. The molecule has 1 aromatic heterocycles. The van der Waals surface area contributed by atoms with Crippen LogP contribution in [0.2, 0.25) is 0 Å². The van der Waals surface area contributed by atoms with Gasteiger partial charge < -0.3 is 10.3 Å². The fourth-order valence-electron chi connectivity index (χ4n) is 2.20. The molecule has 2 aromatic rings. The van der Waals surface area contributed by atoms with Crippen LogP contribution < -0.4 is 5.73 Å². The minimum Gasteiger partial charge on any atom is -0.369 e. The molecule has 1 unspecified atom stereocenters. The second-order valence-corrected chi connectivity index (χ2v) is 6.96. The van der Waals surface area contributed by atoms with Crippen LogP contribution in [0.4, 0.5) is 5.95 Å². The van der Waals surface area contributed by atoms with E-state index >= 15 is 0 Å². The van der Waals surface area contributed by atoms with E-state index in [2.05, 4.69) is 4.98 Å². The Morgan fingerprint density at radius 3 is 2.72 bits per heavy atom. The van der Waals surface area contributed by atoms with Gasteiger partial charge in [0.1, 0.15) is 9.84 Å². The van der Waals surface area contributed by atoms with Crippen LogP contribution in [0.25, 0.3) is 11.0 Å². The highest BCUT2D eigenvalue weighted by molar-refractivity contribution is 7.90. The number of benzene rings is 1. The van der Waals surface area contributed by atoms with E-state index in [9.17, 15) is 8.42 Å². The van der Waals surface area contributed by atoms with Gasteiger partial charge in [-0.15, -0.1) is 0 Å². The van der Waals surface area contributed by atoms with Gasteiger partial charge in [0.15, 0.2) is 0 Å². The maximum atomic E-state index is 11.4. The topological polar surface area (TPSA) is 78.0 Å². The van der Waals surface area contributed by atoms with Crippen LogP contribution in [-0.2, 0) is 9.84 Å². The summed E-state index contributed by atoms with van der Waals surface area (Å²) in [5, 5.41) is 0. The molecule has 0 aliphatic heterocycles. The molecule has 0 saturated carbocycles. The van der Waals surface area contributed by atoms with Crippen molar-refractivity contribution in [3.63, 3.8) is 0 Å². The van der Waals surface area contributed by atoms with Crippen molar-refractivity contribution in [1.29, 1.82) is 0 Å². The Kier molecular flexibility index (Phi) is 3.06. The molecular weight excluding hydrogens is 250 g/mol. The number of aryl methyl sites for hydroxylation is 1. The molecule has 98 valence electrons. The quantitative estimate of drug-likeness (QED) is 0.914. The van der Waals surface area contributed by atoms with Gasteiger partial charge in [-0.25, -0.2) is 13.4 Å². The van der Waals surface area contributed by atoms with Crippen LogP contribution >= 0.6 is 0 Å². The average molecular weight is 267 g/mol. The van der Waals surface area contributed by atoms with Crippen molar-refractivity contribution in [2.45, 2.75) is 19.9 Å². The van der Waals surface area contributed by atoms with Crippen LogP contribution in [0.15, 0.2) is 18.2 Å². The van der Waals surface area contributed by atoms with Gasteiger partial charge >= 0.3 is 0 Å². The van der Waals surface area contributed by atoms with Gasteiger partial charge in [0, 0.05) is 12.3 Å². The summed E-state index contributed by atoms with van der Waals surface area (Å²) >= 11 is 0. The maximum absolute atomic E-state index is 11.4. The third-order valence-electron chi connectivity index (χ3n) is 2.86. The van der Waals surface area contributed by atoms with Crippen LogP contribution in [0, 0.1) is 6.92 Å². The number of nitrogen functional groups attached to an aromatic ring is 1. The molecule has 18 heavy (non-hydrogen) atoms. The minimum atomic E-state index is -3.05. The molecular formula is C12H17N3O2S. The lowest BCUT2D eigenvalue weighted by Crippen LogP contribution is -2.18. The number of anilines is 1. The minimum absolute atomic E-state index is 0.0521. The second-order valence-electron chi connectivity index (χ2n) is 4.77. The molecule has 2 N–H and O–H groups in total. The Morgan fingerprint density at radius 2 is 2.11 bits per heavy atom. The molecule has 5 nitrogen and oxygen atoms in total. The molecule has 1 aromatic carbocycles. The second kappa shape index (κ2) is 4.28. The van der Waals surface area contributed by atoms with Crippen molar-refractivity contribution in [2.75, 3.05) is 17.7 Å². The highest BCUT2D eigenvalue weighted by Crippen LogP contribution is 2.24. The Bertz CT molecular complexity index is 689. The number of fused-ring (bicyclic) bond motifs is 1. The Labute approximate surface area is 107 Å². The van der Waals surface area contributed by atoms with Crippen molar-refractivity contribution in [2.24, 2.45) is 0 Å². The van der Waals surface area contributed by atoms with Gasteiger partial charge in [0.25, 0.3) is 0 Å². The summed E-state index contributed by atoms with van der Waals surface area (Å²) in [5.41, 5.74) is 8.65. The number of nitrogens with zero attached hydrogens (tertiary/aromatic N) is 2. The molecule has 6 heteroatoms. The van der Waals surface area contributed by atoms with E-state index in [-0.39, 0.29) is 11.8 Å². The first-order valence-electron chi connectivity index (χ1n) is 5.70. The third kappa shape index (κ3) is 2.48. The Balaban J connectivity index is 2.53. The van der Waals surface area contributed by atoms with Gasteiger partial charge in [-0.1, -0.05) is 6.07 Å². The van der Waals surface area contributed by atoms with E-state index in [1.807, 2.05) is 32.0 Å². The number of sulfone groups is 1. The fourth-order valence-corrected chi connectivity index (χ4v) is 3.23. The summed E-state index contributed by atoms with van der Waals surface area (Å²) < 4.78 is 24.5. The van der Waals surface area contributed by atoms with Crippen LogP contribution in [0.3, 0.4) is 0 Å². The zero-order valence-corrected chi connectivity index (χ0v) is 11.5. The first-order chi connectivity index (χ1) is 8.28. The van der Waals surface area contributed by atoms with E-state index < -0.39 is 9.84 Å². The fraction of sp³-hybridized carbons (Fsp3) is 0.417. The summed E-state index contributed by atoms with van der Waals surface area (Å²) in [4.78, 5) is 4.27. The Morgan fingerprint density at radius 1 is 1.44 bits per heavy atom. The van der Waals surface area contributed by atoms with E-state index in [0.29, 0.717) is 5.95 Å². The normalized spacial score (nSPS) is 13.9. The summed E-state index contributed by atoms with van der Waals surface area (Å²) in [6.45, 7) is 3.81. The van der Waals surface area contributed by atoms with Crippen molar-refractivity contribution in [1.82, 2.24) is 9.55 Å². The lowest BCUT2D eigenvalue weighted by molar-refractivity contribution is 0.571. The van der Waals surface area contributed by atoms with Crippen molar-refractivity contribution >= 4 is 26.8 Å². The molecule has 0 aliphatic carbocycles. The number of aromatic nitrogens is 2. The smallest absolute Gasteiger partial charge is 0.201 e. The standard InChI is InChI=1S/C12H17N3O2S/c1-8-4-5-11-10(6-8)14-12(13)15(11)9(2)7-18(3,16)17/h4-6,9H,7H2,1-3H3,(H2,13,14). The zero-order valence-electron chi connectivity index (χ0n) is 10.7. The van der Waals surface area contributed by atoms with Crippen LogP contribution in [0.5, 0.6) is 0 Å². The molecule has 0 fully saturated rings. The number of rotatable bonds is 3. The molecule has 1 heterocycles. The SMILES string of the molecule is Cc1ccc2c(c1)nc(N)n2C(C)CS(C)(=O)=O. The molecule has 1 atom stereocenters. The molecule has 0 saturated heterocycles. The third-order valence-corrected chi connectivity index (χ3v) is 3.94. The highest BCUT2D eigenvalue weighted by atomic mass is 32.2. The van der Waals surface area contributed by atoms with Crippen molar-refractivity contribution in [3.8, 4) is 0 Å². The first kappa shape index (κ1) is 12.9. The zero-order chi connectivity index (χ0) is 13.5. The summed E-state index contributed by atoms with van der Waals surface area (Å²) in [5.74, 6) is 0.406. The van der Waals surface area contributed by atoms with E-state index in [1.54, 1.807) is 4.57 Å². The van der Waals surface area contributed by atoms with Crippen LogP contribution in [-0.4, -0.2) is 30.0 Å². The molecule has 0 aliphatic rings. The van der Waals surface area contributed by atoms with Gasteiger partial charge in [0.05, 0.1) is 16.8 Å². The van der Waals surface area contributed by atoms with Gasteiger partial charge in [-0.05, 0) is 31.5 Å². The molecule has 0 amide bonds. The highest BCUT2D eigenvalue weighted by Gasteiger charge is 2.17. The van der Waals surface area contributed by atoms with Gasteiger partial charge in [0.2, 0.25) is 5.95 Å². The van der Waals surface area contributed by atoms with Gasteiger partial charge in [-0.2, -0.15) is 0 Å². The average Bonchev–Trinajstić information content (AvgIpc) is 2.50. The van der Waals surface area contributed by atoms with Crippen molar-refractivity contribution in [3.05, 3.63) is 23.8 Å². The first-order valence-corrected chi connectivity index (χ1v) is 7.76. The predicted octanol–water partition coefficient (Wildman–Crippen LogP) is 1.53. The Hall–Kier alpha value is -1.56. The predicted molar refractivity (Wildman–Crippen MR) is 73.3 cm³/mol. The lowest BCUT2D eigenvalue weighted by atomic mass is 10.2. The molecule has 0 spiro atoms. The van der Waals surface area contributed by atoms with E-state index in [1.165, 1.54) is 6.26 Å². The summed E-state index contributed by atoms with van der Waals surface area (Å²) in [6.07, 6.45) is 1.23. The lowest BCUT2D eigenvalue weighted by Gasteiger charge is -2.14. The monoisotopic (exact) mass is 267 g/mol. The summed E-state index contributed by atoms with van der Waals surface area (Å²) in [6, 6.07) is 5.60. The number of hydrogen-bond acceptors (Lipinski definition) is 4. The summed E-state index contributed by atoms with van der Waals surface area (Å²) in [7, 11) is -3.05. The van der Waals surface area contributed by atoms with E-state index in [0.717, 1.165) is 16.6 Å². The largest absolute Gasteiger partial charge is 0.369 e. The number of imidazole rings is 1. The molecule has 0 bridgehead atoms. The molecule has 2 rings (SSSR count). The van der Waals surface area contributed by atoms with Gasteiger partial charge in [-0.3, -0.25) is 0 Å². The molecule has 0 radical (unpaired) electrons. The van der Waals surface area contributed by atoms with Crippen molar-refractivity contribution < 1.29 is 8.42 Å².